The number of rotatable bonds is 6. The Kier molecular flexibility index (Phi) is 6.28. The van der Waals surface area contributed by atoms with Gasteiger partial charge in [-0.15, -0.1) is 0 Å². The van der Waals surface area contributed by atoms with Crippen LogP contribution in [0, 0.1) is 0 Å². The normalized spacial score (nSPS) is 21.6. The summed E-state index contributed by atoms with van der Waals surface area (Å²) in [7, 11) is 1.77. The van der Waals surface area contributed by atoms with Gasteiger partial charge in [-0.3, -0.25) is 0 Å². The van der Waals surface area contributed by atoms with E-state index in [2.05, 4.69) is 4.90 Å². The van der Waals surface area contributed by atoms with Gasteiger partial charge in [0, 0.05) is 26.7 Å². The van der Waals surface area contributed by atoms with Gasteiger partial charge in [0.25, 0.3) is 0 Å². The lowest BCUT2D eigenvalue weighted by Crippen LogP contribution is -2.42. The molecule has 0 aromatic rings. The fraction of sp³-hybridized carbons (Fsp3) is 1.00. The van der Waals surface area contributed by atoms with Crippen molar-refractivity contribution in [3.05, 3.63) is 0 Å². The molecule has 0 amide bonds. The third-order valence-electron chi connectivity index (χ3n) is 2.96. The first-order chi connectivity index (χ1) is 7.61. The van der Waals surface area contributed by atoms with Crippen molar-refractivity contribution in [3.8, 4) is 0 Å². The number of likely N-dealkylation sites (tertiary alicyclic amines) is 1. The highest BCUT2D eigenvalue weighted by atomic mass is 16.5. The third kappa shape index (κ3) is 5.25. The molecule has 1 rings (SSSR count). The lowest BCUT2D eigenvalue weighted by molar-refractivity contribution is -0.0209. The Balaban J connectivity index is 2.13. The molecular weight excluding hydrogens is 206 g/mol. The first-order valence-corrected chi connectivity index (χ1v) is 6.16. The Hall–Kier alpha value is -0.160. The van der Waals surface area contributed by atoms with E-state index in [0.717, 1.165) is 25.9 Å². The average molecular weight is 231 g/mol. The molecule has 1 unspecified atom stereocenters. The zero-order valence-corrected chi connectivity index (χ0v) is 10.7. The van der Waals surface area contributed by atoms with E-state index in [1.54, 1.807) is 7.11 Å². The van der Waals surface area contributed by atoms with Crippen LogP contribution in [0.25, 0.3) is 0 Å². The number of piperidine rings is 1. The van der Waals surface area contributed by atoms with Gasteiger partial charge in [0.2, 0.25) is 0 Å². The van der Waals surface area contributed by atoms with Crippen molar-refractivity contribution >= 4 is 0 Å². The smallest absolute Gasteiger partial charge is 0.0900 e. The number of β-amino-alcohol motifs (C(OH)–C–C–N with tert-alkyl or cyclic N) is 1. The van der Waals surface area contributed by atoms with Gasteiger partial charge in [-0.05, 0) is 26.7 Å². The summed E-state index contributed by atoms with van der Waals surface area (Å²) < 4.78 is 10.7. The van der Waals surface area contributed by atoms with E-state index < -0.39 is 0 Å². The van der Waals surface area contributed by atoms with E-state index in [4.69, 9.17) is 9.47 Å². The molecular formula is C12H25NO3. The molecule has 0 radical (unpaired) electrons. The van der Waals surface area contributed by atoms with Crippen molar-refractivity contribution in [2.24, 2.45) is 0 Å². The monoisotopic (exact) mass is 231 g/mol. The zero-order valence-electron chi connectivity index (χ0n) is 10.7. The highest BCUT2D eigenvalue weighted by Gasteiger charge is 2.20. The molecule has 1 fully saturated rings. The molecule has 1 saturated heterocycles. The molecule has 16 heavy (non-hydrogen) atoms. The van der Waals surface area contributed by atoms with E-state index in [1.807, 2.05) is 13.8 Å². The second-order valence-electron chi connectivity index (χ2n) is 4.77. The Morgan fingerprint density at radius 1 is 1.31 bits per heavy atom. The molecule has 1 aliphatic rings. The van der Waals surface area contributed by atoms with Gasteiger partial charge < -0.3 is 19.5 Å². The number of ether oxygens (including phenoxy) is 2. The fourth-order valence-electron chi connectivity index (χ4n) is 1.98. The van der Waals surface area contributed by atoms with Crippen LogP contribution in [0.4, 0.5) is 0 Å². The van der Waals surface area contributed by atoms with Crippen LogP contribution < -0.4 is 0 Å². The molecule has 0 aromatic heterocycles. The maximum absolute atomic E-state index is 9.78. The molecule has 96 valence electrons. The van der Waals surface area contributed by atoms with Crippen molar-refractivity contribution in [1.82, 2.24) is 4.90 Å². The zero-order chi connectivity index (χ0) is 12.0. The van der Waals surface area contributed by atoms with Crippen LogP contribution in [0.1, 0.15) is 26.7 Å². The lowest BCUT2D eigenvalue weighted by Gasteiger charge is -2.32. The van der Waals surface area contributed by atoms with E-state index in [-0.39, 0.29) is 12.2 Å². The highest BCUT2D eigenvalue weighted by Crippen LogP contribution is 2.13. The molecule has 1 heterocycles. The van der Waals surface area contributed by atoms with Crippen LogP contribution in [0.3, 0.4) is 0 Å². The van der Waals surface area contributed by atoms with Crippen molar-refractivity contribution in [3.63, 3.8) is 0 Å². The summed E-state index contributed by atoms with van der Waals surface area (Å²) in [6.45, 7) is 7.13. The van der Waals surface area contributed by atoms with Gasteiger partial charge in [-0.25, -0.2) is 0 Å². The minimum absolute atomic E-state index is 0.189. The fourth-order valence-corrected chi connectivity index (χ4v) is 1.98. The summed E-state index contributed by atoms with van der Waals surface area (Å²) in [5.41, 5.74) is 0. The van der Waals surface area contributed by atoms with Crippen LogP contribution in [0.5, 0.6) is 0 Å². The van der Waals surface area contributed by atoms with Gasteiger partial charge in [0.1, 0.15) is 0 Å². The number of hydrogen-bond acceptors (Lipinski definition) is 4. The maximum atomic E-state index is 9.78. The van der Waals surface area contributed by atoms with Crippen molar-refractivity contribution < 1.29 is 14.6 Å². The summed E-state index contributed by atoms with van der Waals surface area (Å²) >= 11 is 0. The summed E-state index contributed by atoms with van der Waals surface area (Å²) in [4.78, 5) is 2.28. The Bertz CT molecular complexity index is 179. The van der Waals surface area contributed by atoms with Crippen molar-refractivity contribution in [2.45, 2.75) is 45.0 Å². The molecule has 4 nitrogen and oxygen atoms in total. The van der Waals surface area contributed by atoms with E-state index in [1.165, 1.54) is 0 Å². The maximum Gasteiger partial charge on any atom is 0.0900 e. The van der Waals surface area contributed by atoms with E-state index >= 15 is 0 Å². The topological polar surface area (TPSA) is 41.9 Å². The van der Waals surface area contributed by atoms with Gasteiger partial charge in [0.15, 0.2) is 0 Å². The summed E-state index contributed by atoms with van der Waals surface area (Å²) in [5.74, 6) is 0. The molecule has 0 aromatic carbocycles. The number of hydrogen-bond donors (Lipinski definition) is 1. The Morgan fingerprint density at radius 3 is 2.44 bits per heavy atom. The summed E-state index contributed by atoms with van der Waals surface area (Å²) in [5, 5.41) is 9.78. The summed E-state index contributed by atoms with van der Waals surface area (Å²) in [6, 6.07) is 0. The van der Waals surface area contributed by atoms with Gasteiger partial charge >= 0.3 is 0 Å². The number of aliphatic hydroxyl groups is 1. The third-order valence-corrected chi connectivity index (χ3v) is 2.96. The molecule has 0 spiro atoms. The first kappa shape index (κ1) is 13.9. The Morgan fingerprint density at radius 2 is 1.94 bits per heavy atom. The number of aliphatic hydroxyl groups excluding tert-OH is 1. The van der Waals surface area contributed by atoms with Crippen LogP contribution >= 0.6 is 0 Å². The second-order valence-corrected chi connectivity index (χ2v) is 4.77. The van der Waals surface area contributed by atoms with Crippen molar-refractivity contribution in [2.75, 3.05) is 33.4 Å². The SMILES string of the molecule is COC1CCN(CC(O)COC(C)C)CC1. The number of methoxy groups -OCH3 is 1. The number of nitrogens with zero attached hydrogens (tertiary/aromatic N) is 1. The van der Waals surface area contributed by atoms with Crippen LogP contribution in [0.2, 0.25) is 0 Å². The predicted molar refractivity (Wildman–Crippen MR) is 63.6 cm³/mol. The summed E-state index contributed by atoms with van der Waals surface area (Å²) in [6.07, 6.45) is 2.35. The van der Waals surface area contributed by atoms with E-state index in [0.29, 0.717) is 19.3 Å². The largest absolute Gasteiger partial charge is 0.389 e. The van der Waals surface area contributed by atoms with Crippen LogP contribution in [-0.4, -0.2) is 61.7 Å². The molecule has 0 aliphatic carbocycles. The molecule has 0 bridgehead atoms. The van der Waals surface area contributed by atoms with E-state index in [9.17, 15) is 5.11 Å². The minimum atomic E-state index is -0.374. The van der Waals surface area contributed by atoms with Crippen LogP contribution in [0.15, 0.2) is 0 Å². The standard InChI is InChI=1S/C12H25NO3/c1-10(2)16-9-11(14)8-13-6-4-12(15-3)5-7-13/h10-12,14H,4-9H2,1-3H3. The molecule has 1 atom stereocenters. The minimum Gasteiger partial charge on any atom is -0.389 e. The van der Waals surface area contributed by atoms with Crippen LogP contribution in [-0.2, 0) is 9.47 Å². The average Bonchev–Trinajstić information content (AvgIpc) is 2.27. The van der Waals surface area contributed by atoms with Gasteiger partial charge in [0.05, 0.1) is 24.9 Å². The Labute approximate surface area is 98.5 Å². The quantitative estimate of drug-likeness (QED) is 0.737. The van der Waals surface area contributed by atoms with Gasteiger partial charge in [-0.1, -0.05) is 0 Å². The van der Waals surface area contributed by atoms with Gasteiger partial charge in [-0.2, -0.15) is 0 Å². The highest BCUT2D eigenvalue weighted by molar-refractivity contribution is 4.74. The lowest BCUT2D eigenvalue weighted by atomic mass is 10.1. The molecule has 1 aliphatic heterocycles. The second kappa shape index (κ2) is 7.22. The van der Waals surface area contributed by atoms with Crippen molar-refractivity contribution in [1.29, 1.82) is 0 Å². The first-order valence-electron chi connectivity index (χ1n) is 6.16. The molecule has 4 heteroatoms. The predicted octanol–water partition coefficient (Wildman–Crippen LogP) is 0.883. The molecule has 1 N–H and O–H groups in total. The molecule has 0 saturated carbocycles.